The van der Waals surface area contributed by atoms with E-state index in [9.17, 15) is 9.59 Å². The van der Waals surface area contributed by atoms with Crippen LogP contribution in [0.3, 0.4) is 0 Å². The van der Waals surface area contributed by atoms with Crippen LogP contribution in [-0.2, 0) is 9.59 Å². The van der Waals surface area contributed by atoms with Crippen LogP contribution in [0.2, 0.25) is 0 Å². The molecule has 5 heteroatoms. The molecule has 2 aliphatic rings. The molecule has 0 saturated carbocycles. The Hall–Kier alpha value is -1.10. The van der Waals surface area contributed by atoms with E-state index >= 15 is 0 Å². The van der Waals surface area contributed by atoms with Crippen LogP contribution in [0.25, 0.3) is 0 Å². The van der Waals surface area contributed by atoms with E-state index in [4.69, 9.17) is 5.73 Å². The summed E-state index contributed by atoms with van der Waals surface area (Å²) in [4.78, 5) is 24.9. The molecule has 0 aromatic heterocycles. The summed E-state index contributed by atoms with van der Waals surface area (Å²) in [6.45, 7) is 2.50. The van der Waals surface area contributed by atoms with Crippen molar-refractivity contribution in [3.63, 3.8) is 0 Å². The number of primary amides is 1. The minimum Gasteiger partial charge on any atom is -0.370 e. The predicted octanol–water partition coefficient (Wildman–Crippen LogP) is -0.148. The number of amides is 2. The Balaban J connectivity index is 1.78. The molecule has 1 unspecified atom stereocenters. The van der Waals surface area contributed by atoms with E-state index in [2.05, 4.69) is 5.32 Å². The van der Waals surface area contributed by atoms with Gasteiger partial charge >= 0.3 is 0 Å². The van der Waals surface area contributed by atoms with Crippen molar-refractivity contribution in [2.75, 3.05) is 19.6 Å². The fourth-order valence-corrected chi connectivity index (χ4v) is 2.76. The van der Waals surface area contributed by atoms with Crippen LogP contribution in [0.1, 0.15) is 32.1 Å². The first-order valence-electron chi connectivity index (χ1n) is 6.47. The lowest BCUT2D eigenvalue weighted by atomic mass is 9.93. The fourth-order valence-electron chi connectivity index (χ4n) is 2.76. The molecule has 2 heterocycles. The van der Waals surface area contributed by atoms with Gasteiger partial charge in [-0.2, -0.15) is 0 Å². The number of nitrogens with two attached hydrogens (primary N) is 1. The van der Waals surface area contributed by atoms with Gasteiger partial charge in [0.05, 0.1) is 6.04 Å². The normalized spacial score (nSPS) is 26.1. The average molecular weight is 239 g/mol. The first-order chi connectivity index (χ1) is 8.16. The molecule has 17 heavy (non-hydrogen) atoms. The van der Waals surface area contributed by atoms with Crippen LogP contribution in [0, 0.1) is 5.92 Å². The second kappa shape index (κ2) is 5.49. The minimum atomic E-state index is -0.229. The number of likely N-dealkylation sites (tertiary alicyclic amines) is 1. The van der Waals surface area contributed by atoms with Gasteiger partial charge in [-0.1, -0.05) is 0 Å². The second-order valence-electron chi connectivity index (χ2n) is 5.09. The number of carbonyl (C=O) groups is 2. The molecular formula is C12H21N3O2. The van der Waals surface area contributed by atoms with Gasteiger partial charge in [0, 0.05) is 19.5 Å². The molecule has 0 aromatic rings. The number of nitrogens with one attached hydrogen (secondary N) is 1. The molecule has 0 bridgehead atoms. The predicted molar refractivity (Wildman–Crippen MR) is 64.1 cm³/mol. The molecule has 0 spiro atoms. The van der Waals surface area contributed by atoms with Crippen molar-refractivity contribution in [2.24, 2.45) is 11.7 Å². The quantitative estimate of drug-likeness (QED) is 0.719. The first kappa shape index (κ1) is 12.4. The van der Waals surface area contributed by atoms with Crippen LogP contribution in [-0.4, -0.2) is 42.4 Å². The fraction of sp³-hybridized carbons (Fsp3) is 0.833. The van der Waals surface area contributed by atoms with E-state index in [0.717, 1.165) is 45.3 Å². The third-order valence-corrected chi connectivity index (χ3v) is 3.77. The number of nitrogens with zero attached hydrogens (tertiary/aromatic N) is 1. The number of piperidine rings is 1. The topological polar surface area (TPSA) is 75.4 Å². The Morgan fingerprint density at radius 3 is 2.47 bits per heavy atom. The molecule has 0 radical (unpaired) electrons. The third-order valence-electron chi connectivity index (χ3n) is 3.77. The van der Waals surface area contributed by atoms with Crippen molar-refractivity contribution in [1.82, 2.24) is 10.2 Å². The summed E-state index contributed by atoms with van der Waals surface area (Å²) in [5.41, 5.74) is 5.19. The summed E-state index contributed by atoms with van der Waals surface area (Å²) < 4.78 is 0. The summed E-state index contributed by atoms with van der Waals surface area (Å²) in [7, 11) is 0. The zero-order chi connectivity index (χ0) is 12.3. The van der Waals surface area contributed by atoms with Crippen LogP contribution in [0.4, 0.5) is 0 Å². The zero-order valence-electron chi connectivity index (χ0n) is 10.2. The molecule has 2 aliphatic heterocycles. The molecule has 2 rings (SSSR count). The first-order valence-corrected chi connectivity index (χ1v) is 6.47. The van der Waals surface area contributed by atoms with Crippen LogP contribution in [0.5, 0.6) is 0 Å². The monoisotopic (exact) mass is 239 g/mol. The summed E-state index contributed by atoms with van der Waals surface area (Å²) in [5, 5.41) is 3.23. The van der Waals surface area contributed by atoms with Gasteiger partial charge in [0.2, 0.25) is 11.8 Å². The average Bonchev–Trinajstić information content (AvgIpc) is 2.82. The third kappa shape index (κ3) is 3.19. The van der Waals surface area contributed by atoms with Gasteiger partial charge < -0.3 is 16.0 Å². The van der Waals surface area contributed by atoms with Crippen molar-refractivity contribution in [2.45, 2.75) is 38.1 Å². The van der Waals surface area contributed by atoms with E-state index in [0.29, 0.717) is 12.3 Å². The van der Waals surface area contributed by atoms with Crippen LogP contribution in [0.15, 0.2) is 0 Å². The minimum absolute atomic E-state index is 0.0303. The van der Waals surface area contributed by atoms with Gasteiger partial charge in [0.25, 0.3) is 0 Å². The Labute approximate surface area is 102 Å². The van der Waals surface area contributed by atoms with E-state index in [-0.39, 0.29) is 17.9 Å². The van der Waals surface area contributed by atoms with E-state index in [1.54, 1.807) is 0 Å². The SMILES string of the molecule is NC(=O)CC1CCN(C(=O)C2CCCN2)CC1. The summed E-state index contributed by atoms with van der Waals surface area (Å²) >= 11 is 0. The number of carbonyl (C=O) groups excluding carboxylic acids is 2. The molecule has 0 aromatic carbocycles. The molecule has 5 nitrogen and oxygen atoms in total. The molecular weight excluding hydrogens is 218 g/mol. The summed E-state index contributed by atoms with van der Waals surface area (Å²) in [6, 6.07) is 0.0303. The van der Waals surface area contributed by atoms with Crippen molar-refractivity contribution in [3.05, 3.63) is 0 Å². The maximum absolute atomic E-state index is 12.1. The number of rotatable bonds is 3. The highest BCUT2D eigenvalue weighted by molar-refractivity contribution is 5.82. The maximum atomic E-state index is 12.1. The van der Waals surface area contributed by atoms with Gasteiger partial charge in [-0.05, 0) is 38.1 Å². The van der Waals surface area contributed by atoms with Gasteiger partial charge in [-0.15, -0.1) is 0 Å². The maximum Gasteiger partial charge on any atom is 0.239 e. The Morgan fingerprint density at radius 2 is 1.94 bits per heavy atom. The van der Waals surface area contributed by atoms with Crippen molar-refractivity contribution in [3.8, 4) is 0 Å². The second-order valence-corrected chi connectivity index (χ2v) is 5.09. The number of hydrogen-bond donors (Lipinski definition) is 2. The molecule has 2 fully saturated rings. The Bertz CT molecular complexity index is 292. The lowest BCUT2D eigenvalue weighted by Crippen LogP contribution is -2.47. The highest BCUT2D eigenvalue weighted by Crippen LogP contribution is 2.21. The molecule has 96 valence electrons. The van der Waals surface area contributed by atoms with Crippen molar-refractivity contribution >= 4 is 11.8 Å². The smallest absolute Gasteiger partial charge is 0.239 e. The van der Waals surface area contributed by atoms with Crippen LogP contribution < -0.4 is 11.1 Å². The largest absolute Gasteiger partial charge is 0.370 e. The highest BCUT2D eigenvalue weighted by atomic mass is 16.2. The summed E-state index contributed by atoms with van der Waals surface area (Å²) in [6.07, 6.45) is 4.32. The van der Waals surface area contributed by atoms with E-state index in [1.165, 1.54) is 0 Å². The lowest BCUT2D eigenvalue weighted by molar-refractivity contribution is -0.134. The lowest BCUT2D eigenvalue weighted by Gasteiger charge is -2.33. The number of hydrogen-bond acceptors (Lipinski definition) is 3. The van der Waals surface area contributed by atoms with Crippen molar-refractivity contribution < 1.29 is 9.59 Å². The van der Waals surface area contributed by atoms with Gasteiger partial charge in [-0.3, -0.25) is 9.59 Å². The highest BCUT2D eigenvalue weighted by Gasteiger charge is 2.29. The molecule has 1 atom stereocenters. The van der Waals surface area contributed by atoms with Gasteiger partial charge in [-0.25, -0.2) is 0 Å². The van der Waals surface area contributed by atoms with Gasteiger partial charge in [0.15, 0.2) is 0 Å². The van der Waals surface area contributed by atoms with E-state index < -0.39 is 0 Å². The molecule has 0 aliphatic carbocycles. The Morgan fingerprint density at radius 1 is 1.24 bits per heavy atom. The molecule has 2 amide bonds. The van der Waals surface area contributed by atoms with E-state index in [1.807, 2.05) is 4.90 Å². The molecule has 2 saturated heterocycles. The zero-order valence-corrected chi connectivity index (χ0v) is 10.2. The molecule has 3 N–H and O–H groups in total. The summed E-state index contributed by atoms with van der Waals surface area (Å²) in [5.74, 6) is 0.375. The van der Waals surface area contributed by atoms with Crippen molar-refractivity contribution in [1.29, 1.82) is 0 Å². The van der Waals surface area contributed by atoms with Gasteiger partial charge in [0.1, 0.15) is 0 Å². The Kier molecular flexibility index (Phi) is 3.99. The van der Waals surface area contributed by atoms with Crippen LogP contribution >= 0.6 is 0 Å². The standard InChI is InChI=1S/C12H21N3O2/c13-11(16)8-9-3-6-15(7-4-9)12(17)10-2-1-5-14-10/h9-10,14H,1-8H2,(H2,13,16).